The molecule has 13 heavy (non-hydrogen) atoms. The molecule has 2 N–H and O–H groups in total. The van der Waals surface area contributed by atoms with E-state index in [9.17, 15) is 4.79 Å². The summed E-state index contributed by atoms with van der Waals surface area (Å²) in [6.07, 6.45) is 0. The van der Waals surface area contributed by atoms with E-state index in [0.717, 1.165) is 0 Å². The van der Waals surface area contributed by atoms with Crippen LogP contribution in [0, 0.1) is 0 Å². The predicted molar refractivity (Wildman–Crippen MR) is 47.5 cm³/mol. The monoisotopic (exact) mass is 188 g/mol. The second kappa shape index (κ2) is 5.90. The van der Waals surface area contributed by atoms with Crippen molar-refractivity contribution in [2.45, 2.75) is 6.04 Å². The van der Waals surface area contributed by atoms with E-state index in [0.29, 0.717) is 33.0 Å². The molecule has 0 spiro atoms. The average molecular weight is 188 g/mol. The number of hydrogen-bond acceptors (Lipinski definition) is 4. The third kappa shape index (κ3) is 4.21. The number of hydrogen-bond donors (Lipinski definition) is 2. The first-order valence-corrected chi connectivity index (χ1v) is 4.42. The largest absolute Gasteiger partial charge is 0.377 e. The van der Waals surface area contributed by atoms with Crippen molar-refractivity contribution in [2.24, 2.45) is 0 Å². The van der Waals surface area contributed by atoms with E-state index in [1.165, 1.54) is 0 Å². The van der Waals surface area contributed by atoms with Crippen LogP contribution < -0.4 is 10.6 Å². The Morgan fingerprint density at radius 2 is 2.00 bits per heavy atom. The second-order valence-corrected chi connectivity index (χ2v) is 2.90. The number of nitrogens with one attached hydrogen (secondary N) is 2. The maximum absolute atomic E-state index is 10.9. The molecular weight excluding hydrogens is 172 g/mol. The molecule has 1 rings (SSSR count). The normalized spacial score (nSPS) is 19.5. The van der Waals surface area contributed by atoms with E-state index in [4.69, 9.17) is 9.47 Å². The molecule has 1 heterocycles. The molecule has 76 valence electrons. The molecule has 0 aromatic carbocycles. The highest BCUT2D eigenvalue weighted by molar-refractivity contribution is 5.77. The molecule has 0 aromatic rings. The molecule has 0 saturated carbocycles. The number of rotatable bonds is 3. The van der Waals surface area contributed by atoms with E-state index < -0.39 is 0 Å². The molecule has 1 aliphatic rings. The number of carbonyl (C=O) groups is 1. The first-order chi connectivity index (χ1) is 6.33. The maximum Gasteiger partial charge on any atom is 0.233 e. The summed E-state index contributed by atoms with van der Waals surface area (Å²) in [4.78, 5) is 10.9. The SMILES string of the molecule is CNC(=O)CNC1COCCOC1. The van der Waals surface area contributed by atoms with Crippen LogP contribution in [-0.4, -0.2) is 52.0 Å². The van der Waals surface area contributed by atoms with Crippen LogP contribution >= 0.6 is 0 Å². The second-order valence-electron chi connectivity index (χ2n) is 2.90. The summed E-state index contributed by atoms with van der Waals surface area (Å²) in [7, 11) is 1.62. The van der Waals surface area contributed by atoms with Crippen LogP contribution in [0.15, 0.2) is 0 Å². The van der Waals surface area contributed by atoms with Gasteiger partial charge < -0.3 is 20.1 Å². The topological polar surface area (TPSA) is 59.6 Å². The van der Waals surface area contributed by atoms with Crippen molar-refractivity contribution in [3.05, 3.63) is 0 Å². The first kappa shape index (κ1) is 10.4. The molecular formula is C8H16N2O3. The average Bonchev–Trinajstić information content (AvgIpc) is 2.42. The van der Waals surface area contributed by atoms with E-state index >= 15 is 0 Å². The number of amides is 1. The molecule has 1 aliphatic heterocycles. The lowest BCUT2D eigenvalue weighted by molar-refractivity contribution is -0.119. The van der Waals surface area contributed by atoms with Gasteiger partial charge in [0, 0.05) is 7.05 Å². The maximum atomic E-state index is 10.9. The number of ether oxygens (including phenoxy) is 2. The van der Waals surface area contributed by atoms with Gasteiger partial charge in [0.25, 0.3) is 0 Å². The Labute approximate surface area is 77.8 Å². The summed E-state index contributed by atoms with van der Waals surface area (Å²) in [6, 6.07) is 0.125. The minimum absolute atomic E-state index is 0.0238. The van der Waals surface area contributed by atoms with Gasteiger partial charge in [-0.3, -0.25) is 4.79 Å². The van der Waals surface area contributed by atoms with E-state index in [2.05, 4.69) is 10.6 Å². The molecule has 5 nitrogen and oxygen atoms in total. The zero-order valence-corrected chi connectivity index (χ0v) is 7.84. The summed E-state index contributed by atoms with van der Waals surface area (Å²) in [5.41, 5.74) is 0. The van der Waals surface area contributed by atoms with Crippen LogP contribution in [0.1, 0.15) is 0 Å². The van der Waals surface area contributed by atoms with E-state index in [1.54, 1.807) is 7.05 Å². The van der Waals surface area contributed by atoms with Crippen LogP contribution in [0.25, 0.3) is 0 Å². The standard InChI is InChI=1S/C8H16N2O3/c1-9-8(11)4-10-7-5-12-2-3-13-6-7/h7,10H,2-6H2,1H3,(H,9,11). The summed E-state index contributed by atoms with van der Waals surface area (Å²) in [5.74, 6) is -0.0238. The minimum atomic E-state index is -0.0238. The predicted octanol–water partition coefficient (Wildman–Crippen LogP) is -1.26. The molecule has 1 amide bonds. The van der Waals surface area contributed by atoms with Gasteiger partial charge in [0.05, 0.1) is 39.0 Å². The molecule has 0 bridgehead atoms. The summed E-state index contributed by atoms with van der Waals surface area (Å²) >= 11 is 0. The molecule has 0 aliphatic carbocycles. The highest BCUT2D eigenvalue weighted by Crippen LogP contribution is 1.93. The van der Waals surface area contributed by atoms with Crippen molar-refractivity contribution in [1.29, 1.82) is 0 Å². The van der Waals surface area contributed by atoms with Crippen molar-refractivity contribution in [2.75, 3.05) is 40.0 Å². The van der Waals surface area contributed by atoms with Crippen LogP contribution in [0.3, 0.4) is 0 Å². The fraction of sp³-hybridized carbons (Fsp3) is 0.875. The van der Waals surface area contributed by atoms with Crippen LogP contribution in [0.5, 0.6) is 0 Å². The molecule has 5 heteroatoms. The molecule has 0 radical (unpaired) electrons. The van der Waals surface area contributed by atoms with Crippen molar-refractivity contribution in [1.82, 2.24) is 10.6 Å². The fourth-order valence-electron chi connectivity index (χ4n) is 1.06. The highest BCUT2D eigenvalue weighted by Gasteiger charge is 2.12. The molecule has 1 saturated heterocycles. The Bertz CT molecular complexity index is 155. The first-order valence-electron chi connectivity index (χ1n) is 4.42. The van der Waals surface area contributed by atoms with Crippen molar-refractivity contribution in [3.63, 3.8) is 0 Å². The van der Waals surface area contributed by atoms with Gasteiger partial charge in [0.15, 0.2) is 0 Å². The van der Waals surface area contributed by atoms with Crippen LogP contribution in [-0.2, 0) is 14.3 Å². The Kier molecular flexibility index (Phi) is 4.74. The Morgan fingerprint density at radius 1 is 1.38 bits per heavy atom. The molecule has 0 aromatic heterocycles. The molecule has 0 unspecified atom stereocenters. The zero-order chi connectivity index (χ0) is 9.52. The number of likely N-dealkylation sites (N-methyl/N-ethyl adjacent to an activating group) is 1. The van der Waals surface area contributed by atoms with Gasteiger partial charge in [-0.25, -0.2) is 0 Å². The zero-order valence-electron chi connectivity index (χ0n) is 7.84. The smallest absolute Gasteiger partial charge is 0.233 e. The van der Waals surface area contributed by atoms with Crippen molar-refractivity contribution in [3.8, 4) is 0 Å². The Morgan fingerprint density at radius 3 is 2.54 bits per heavy atom. The van der Waals surface area contributed by atoms with Gasteiger partial charge in [-0.1, -0.05) is 0 Å². The van der Waals surface area contributed by atoms with Crippen LogP contribution in [0.2, 0.25) is 0 Å². The third-order valence-electron chi connectivity index (χ3n) is 1.84. The highest BCUT2D eigenvalue weighted by atomic mass is 16.5. The van der Waals surface area contributed by atoms with Gasteiger partial charge in [0.2, 0.25) is 5.91 Å². The van der Waals surface area contributed by atoms with Gasteiger partial charge in [0.1, 0.15) is 0 Å². The van der Waals surface area contributed by atoms with Crippen LogP contribution in [0.4, 0.5) is 0 Å². The van der Waals surface area contributed by atoms with Gasteiger partial charge in [-0.15, -0.1) is 0 Å². The lowest BCUT2D eigenvalue weighted by Crippen LogP contribution is -2.42. The summed E-state index contributed by atoms with van der Waals surface area (Å²) in [6.45, 7) is 2.80. The lowest BCUT2D eigenvalue weighted by atomic mass is 10.3. The molecule has 1 fully saturated rings. The van der Waals surface area contributed by atoms with Gasteiger partial charge in [-0.2, -0.15) is 0 Å². The van der Waals surface area contributed by atoms with E-state index in [1.807, 2.05) is 0 Å². The number of carbonyl (C=O) groups excluding carboxylic acids is 1. The van der Waals surface area contributed by atoms with Crippen molar-refractivity contribution < 1.29 is 14.3 Å². The third-order valence-corrected chi connectivity index (χ3v) is 1.84. The lowest BCUT2D eigenvalue weighted by Gasteiger charge is -2.14. The fourth-order valence-corrected chi connectivity index (χ4v) is 1.06. The molecule has 0 atom stereocenters. The summed E-state index contributed by atoms with van der Waals surface area (Å²) < 4.78 is 10.5. The van der Waals surface area contributed by atoms with Gasteiger partial charge >= 0.3 is 0 Å². The Balaban J connectivity index is 2.15. The Hall–Kier alpha value is -0.650. The van der Waals surface area contributed by atoms with Gasteiger partial charge in [-0.05, 0) is 0 Å². The minimum Gasteiger partial charge on any atom is -0.377 e. The van der Waals surface area contributed by atoms with E-state index in [-0.39, 0.29) is 11.9 Å². The quantitative estimate of drug-likeness (QED) is 0.580. The summed E-state index contributed by atoms with van der Waals surface area (Å²) in [5, 5.41) is 5.59. The van der Waals surface area contributed by atoms with Crippen molar-refractivity contribution >= 4 is 5.91 Å².